The first-order valence-electron chi connectivity index (χ1n) is 5.57. The minimum atomic E-state index is -1.22. The molecule has 2 aromatic carbocycles. The van der Waals surface area contributed by atoms with E-state index in [-0.39, 0.29) is 16.9 Å². The Bertz CT molecular complexity index is 578. The smallest absolute Gasteiger partial charge is 0.134 e. The largest absolute Gasteiger partial charge is 0.497 e. The lowest BCUT2D eigenvalue weighted by Crippen LogP contribution is -2.17. The van der Waals surface area contributed by atoms with Gasteiger partial charge in [-0.3, -0.25) is 0 Å². The molecule has 2 N–H and O–H groups in total. The molecule has 0 radical (unpaired) electrons. The van der Waals surface area contributed by atoms with Crippen molar-refractivity contribution in [1.82, 2.24) is 0 Å². The first-order valence-corrected chi connectivity index (χ1v) is 5.57. The maximum absolute atomic E-state index is 13.8. The van der Waals surface area contributed by atoms with Crippen molar-refractivity contribution in [2.75, 3.05) is 7.11 Å². The van der Waals surface area contributed by atoms with Gasteiger partial charge >= 0.3 is 0 Å². The van der Waals surface area contributed by atoms with Crippen LogP contribution in [0.2, 0.25) is 0 Å². The van der Waals surface area contributed by atoms with E-state index < -0.39 is 23.5 Å². The van der Waals surface area contributed by atoms with Crippen molar-refractivity contribution in [3.8, 4) is 5.75 Å². The van der Waals surface area contributed by atoms with Crippen molar-refractivity contribution < 1.29 is 17.9 Å². The summed E-state index contributed by atoms with van der Waals surface area (Å²) in [6.07, 6.45) is 0. The molecule has 0 saturated heterocycles. The Morgan fingerprint density at radius 3 is 2.11 bits per heavy atom. The molecule has 0 heterocycles. The molecular formula is C14H12F3NO. The van der Waals surface area contributed by atoms with E-state index in [1.165, 1.54) is 25.3 Å². The molecule has 0 aliphatic heterocycles. The lowest BCUT2D eigenvalue weighted by atomic mass is 9.98. The van der Waals surface area contributed by atoms with Gasteiger partial charge in [0, 0.05) is 23.3 Å². The minimum absolute atomic E-state index is 0.0328. The fourth-order valence-electron chi connectivity index (χ4n) is 1.86. The number of benzene rings is 2. The molecule has 19 heavy (non-hydrogen) atoms. The molecule has 0 saturated carbocycles. The van der Waals surface area contributed by atoms with Gasteiger partial charge in [0.2, 0.25) is 0 Å². The second kappa shape index (κ2) is 5.32. The summed E-state index contributed by atoms with van der Waals surface area (Å²) >= 11 is 0. The first-order chi connectivity index (χ1) is 9.04. The fraction of sp³-hybridized carbons (Fsp3) is 0.143. The molecule has 2 nitrogen and oxygen atoms in total. The summed E-state index contributed by atoms with van der Waals surface area (Å²) in [5, 5.41) is 0. The van der Waals surface area contributed by atoms with Gasteiger partial charge in [-0.15, -0.1) is 0 Å². The van der Waals surface area contributed by atoms with Crippen LogP contribution in [0.15, 0.2) is 36.4 Å². The summed E-state index contributed by atoms with van der Waals surface area (Å²) in [7, 11) is 1.30. The van der Waals surface area contributed by atoms with E-state index in [0.717, 1.165) is 12.1 Å². The molecule has 0 amide bonds. The molecule has 5 heteroatoms. The van der Waals surface area contributed by atoms with Crippen LogP contribution in [0.25, 0.3) is 0 Å². The summed E-state index contributed by atoms with van der Waals surface area (Å²) in [4.78, 5) is 0. The van der Waals surface area contributed by atoms with Gasteiger partial charge < -0.3 is 10.5 Å². The van der Waals surface area contributed by atoms with E-state index in [9.17, 15) is 13.2 Å². The summed E-state index contributed by atoms with van der Waals surface area (Å²) < 4.78 is 46.0. The van der Waals surface area contributed by atoms with Gasteiger partial charge in [0.05, 0.1) is 13.2 Å². The monoisotopic (exact) mass is 267 g/mol. The molecule has 0 aromatic heterocycles. The molecule has 0 aliphatic rings. The number of nitrogens with two attached hydrogens (primary N) is 1. The second-order valence-corrected chi connectivity index (χ2v) is 4.00. The van der Waals surface area contributed by atoms with Crippen LogP contribution in [0.3, 0.4) is 0 Å². The van der Waals surface area contributed by atoms with Gasteiger partial charge in [-0.25, -0.2) is 13.2 Å². The summed E-state index contributed by atoms with van der Waals surface area (Å²) in [6.45, 7) is 0. The highest BCUT2D eigenvalue weighted by Gasteiger charge is 2.22. The van der Waals surface area contributed by atoms with Crippen molar-refractivity contribution in [2.24, 2.45) is 5.73 Å². The second-order valence-electron chi connectivity index (χ2n) is 4.00. The number of halogens is 3. The van der Waals surface area contributed by atoms with Crippen LogP contribution in [0.1, 0.15) is 17.2 Å². The summed E-state index contributed by atoms with van der Waals surface area (Å²) in [5.74, 6) is -2.30. The van der Waals surface area contributed by atoms with Crippen LogP contribution < -0.4 is 10.5 Å². The Morgan fingerprint density at radius 2 is 1.58 bits per heavy atom. The Hall–Kier alpha value is -2.01. The standard InChI is InChI=1S/C14H12F3NO/c1-19-8-6-11(16)13(12(17)7-8)14(18)9-4-2-3-5-10(9)15/h2-7,14H,18H2,1H3. The molecule has 0 aliphatic carbocycles. The van der Waals surface area contributed by atoms with E-state index in [2.05, 4.69) is 0 Å². The quantitative estimate of drug-likeness (QED) is 0.927. The van der Waals surface area contributed by atoms with Gasteiger partial charge in [0.1, 0.15) is 23.2 Å². The zero-order chi connectivity index (χ0) is 14.0. The molecule has 100 valence electrons. The topological polar surface area (TPSA) is 35.2 Å². The Labute approximate surface area is 108 Å². The molecule has 0 fully saturated rings. The van der Waals surface area contributed by atoms with Crippen molar-refractivity contribution >= 4 is 0 Å². The third-order valence-corrected chi connectivity index (χ3v) is 2.84. The van der Waals surface area contributed by atoms with Crippen molar-refractivity contribution in [3.05, 3.63) is 65.0 Å². The van der Waals surface area contributed by atoms with Gasteiger partial charge in [0.15, 0.2) is 0 Å². The van der Waals surface area contributed by atoms with E-state index in [1.54, 1.807) is 6.07 Å². The normalized spacial score (nSPS) is 12.3. The van der Waals surface area contributed by atoms with Crippen LogP contribution in [0.4, 0.5) is 13.2 Å². The van der Waals surface area contributed by atoms with Crippen LogP contribution in [-0.4, -0.2) is 7.11 Å². The highest BCUT2D eigenvalue weighted by atomic mass is 19.1. The molecule has 0 bridgehead atoms. The van der Waals surface area contributed by atoms with Crippen LogP contribution in [-0.2, 0) is 0 Å². The van der Waals surface area contributed by atoms with E-state index in [0.29, 0.717) is 0 Å². The third kappa shape index (κ3) is 2.56. The molecule has 2 aromatic rings. The van der Waals surface area contributed by atoms with Gasteiger partial charge in [-0.1, -0.05) is 18.2 Å². The molecule has 0 spiro atoms. The zero-order valence-electron chi connectivity index (χ0n) is 10.2. The predicted octanol–water partition coefficient (Wildman–Crippen LogP) is 3.16. The molecule has 1 atom stereocenters. The summed E-state index contributed by atoms with van der Waals surface area (Å²) in [6, 6.07) is 6.42. The van der Waals surface area contributed by atoms with Crippen molar-refractivity contribution in [3.63, 3.8) is 0 Å². The molecule has 1 unspecified atom stereocenters. The fourth-order valence-corrected chi connectivity index (χ4v) is 1.86. The lowest BCUT2D eigenvalue weighted by molar-refractivity contribution is 0.404. The van der Waals surface area contributed by atoms with E-state index in [1.807, 2.05) is 0 Å². The van der Waals surface area contributed by atoms with Crippen molar-refractivity contribution in [1.29, 1.82) is 0 Å². The zero-order valence-corrected chi connectivity index (χ0v) is 10.2. The molecule has 2 rings (SSSR count). The highest BCUT2D eigenvalue weighted by molar-refractivity contribution is 5.38. The Balaban J connectivity index is 2.50. The first kappa shape index (κ1) is 13.4. The SMILES string of the molecule is COc1cc(F)c(C(N)c2ccccc2F)c(F)c1. The average Bonchev–Trinajstić information content (AvgIpc) is 2.38. The van der Waals surface area contributed by atoms with Crippen LogP contribution in [0, 0.1) is 17.5 Å². The van der Waals surface area contributed by atoms with Crippen LogP contribution in [0.5, 0.6) is 5.75 Å². The van der Waals surface area contributed by atoms with Crippen molar-refractivity contribution in [2.45, 2.75) is 6.04 Å². The maximum atomic E-state index is 13.8. The van der Waals surface area contributed by atoms with Gasteiger partial charge in [-0.05, 0) is 6.07 Å². The highest BCUT2D eigenvalue weighted by Crippen LogP contribution is 2.29. The van der Waals surface area contributed by atoms with Gasteiger partial charge in [-0.2, -0.15) is 0 Å². The minimum Gasteiger partial charge on any atom is -0.497 e. The predicted molar refractivity (Wildman–Crippen MR) is 65.3 cm³/mol. The molecular weight excluding hydrogens is 255 g/mol. The van der Waals surface area contributed by atoms with E-state index >= 15 is 0 Å². The lowest BCUT2D eigenvalue weighted by Gasteiger charge is -2.16. The van der Waals surface area contributed by atoms with Gasteiger partial charge in [0.25, 0.3) is 0 Å². The Morgan fingerprint density at radius 1 is 1.00 bits per heavy atom. The number of rotatable bonds is 3. The number of methoxy groups -OCH3 is 1. The summed E-state index contributed by atoms with van der Waals surface area (Å²) in [5.41, 5.74) is 5.40. The number of hydrogen-bond acceptors (Lipinski definition) is 2. The average molecular weight is 267 g/mol. The number of ether oxygens (including phenoxy) is 1. The van der Waals surface area contributed by atoms with E-state index in [4.69, 9.17) is 10.5 Å². The maximum Gasteiger partial charge on any atom is 0.134 e. The van der Waals surface area contributed by atoms with Crippen LogP contribution >= 0.6 is 0 Å². The number of hydrogen-bond donors (Lipinski definition) is 1. The Kier molecular flexibility index (Phi) is 3.76. The third-order valence-electron chi connectivity index (χ3n) is 2.84.